The Balaban J connectivity index is 1.59. The van der Waals surface area contributed by atoms with Gasteiger partial charge in [0.25, 0.3) is 5.91 Å². The van der Waals surface area contributed by atoms with Crippen LogP contribution in [0.15, 0.2) is 84.4 Å². The summed E-state index contributed by atoms with van der Waals surface area (Å²) < 4.78 is 6.39. The van der Waals surface area contributed by atoms with Gasteiger partial charge in [0, 0.05) is 24.3 Å². The summed E-state index contributed by atoms with van der Waals surface area (Å²) >= 11 is 1.40. The Hall–Kier alpha value is -3.64. The average molecular weight is 470 g/mol. The molecule has 0 bridgehead atoms. The molecule has 1 aliphatic rings. The second kappa shape index (κ2) is 10.1. The van der Waals surface area contributed by atoms with Gasteiger partial charge < -0.3 is 15.0 Å². The van der Waals surface area contributed by atoms with Gasteiger partial charge in [-0.25, -0.2) is 4.98 Å². The molecule has 5 nitrogen and oxygen atoms in total. The van der Waals surface area contributed by atoms with Gasteiger partial charge in [-0.05, 0) is 36.6 Å². The number of nitrogens with zero attached hydrogens (tertiary/aromatic N) is 2. The Morgan fingerprint density at radius 1 is 1.03 bits per heavy atom. The van der Waals surface area contributed by atoms with Gasteiger partial charge in [-0.3, -0.25) is 4.79 Å². The Kier molecular flexibility index (Phi) is 6.58. The van der Waals surface area contributed by atoms with Crippen molar-refractivity contribution in [3.8, 4) is 5.75 Å². The summed E-state index contributed by atoms with van der Waals surface area (Å²) in [6.07, 6.45) is 0.697. The van der Waals surface area contributed by atoms with Gasteiger partial charge >= 0.3 is 0 Å². The fourth-order valence-electron chi connectivity index (χ4n) is 4.33. The van der Waals surface area contributed by atoms with Crippen molar-refractivity contribution >= 4 is 22.9 Å². The number of rotatable bonds is 3. The molecule has 1 aromatic heterocycles. The molecule has 6 heteroatoms. The van der Waals surface area contributed by atoms with Crippen LogP contribution < -0.4 is 10.1 Å². The number of thiazole rings is 1. The molecule has 0 saturated carbocycles. The van der Waals surface area contributed by atoms with Crippen molar-refractivity contribution in [1.82, 2.24) is 9.88 Å². The van der Waals surface area contributed by atoms with Gasteiger partial charge in [0.1, 0.15) is 17.2 Å². The van der Waals surface area contributed by atoms with Gasteiger partial charge in [-0.1, -0.05) is 66.7 Å². The Bertz CT molecular complexity index is 1270. The van der Waals surface area contributed by atoms with E-state index in [0.717, 1.165) is 28.3 Å². The highest BCUT2D eigenvalue weighted by atomic mass is 32.1. The van der Waals surface area contributed by atoms with Gasteiger partial charge in [0.05, 0.1) is 17.2 Å². The third kappa shape index (κ3) is 4.82. The largest absolute Gasteiger partial charge is 0.491 e. The molecule has 0 fully saturated rings. The number of para-hydroxylation sites is 2. The van der Waals surface area contributed by atoms with E-state index in [1.54, 1.807) is 5.51 Å². The first-order valence-electron chi connectivity index (χ1n) is 11.5. The van der Waals surface area contributed by atoms with Crippen LogP contribution in [0.4, 0.5) is 5.69 Å². The summed E-state index contributed by atoms with van der Waals surface area (Å²) in [6.45, 7) is 3.43. The monoisotopic (exact) mass is 469 g/mol. The van der Waals surface area contributed by atoms with Crippen LogP contribution >= 0.6 is 11.3 Å². The number of aryl methyl sites for hydroxylation is 1. The molecule has 0 saturated heterocycles. The molecule has 1 N–H and O–H groups in total. The number of carbonyl (C=O) groups excluding carboxylic acids is 1. The number of nitrogens with one attached hydrogen (secondary N) is 1. The van der Waals surface area contributed by atoms with E-state index >= 15 is 0 Å². The third-order valence-corrected chi connectivity index (χ3v) is 7.10. The molecular formula is C28H27N3O2S. The van der Waals surface area contributed by atoms with Crippen molar-refractivity contribution in [3.05, 3.63) is 112 Å². The maximum absolute atomic E-state index is 13.9. The first-order valence-corrected chi connectivity index (χ1v) is 12.3. The predicted molar refractivity (Wildman–Crippen MR) is 136 cm³/mol. The maximum Gasteiger partial charge on any atom is 0.266 e. The standard InChI is InChI=1S/C28H27N3O2S/c1-20-27(34-19-30-20)28(32)31-17-23-12-5-7-13-25(23)29-16-22-11-6-8-14-26(22)33-18-24(31)15-21-9-3-2-4-10-21/h2-14,19,24,29H,15-18H2,1H3/t24-/m0/s1. The van der Waals surface area contributed by atoms with Crippen LogP contribution in [0, 0.1) is 6.92 Å². The second-order valence-corrected chi connectivity index (χ2v) is 9.33. The highest BCUT2D eigenvalue weighted by Crippen LogP contribution is 2.28. The molecule has 1 amide bonds. The van der Waals surface area contributed by atoms with Gasteiger partial charge in [-0.2, -0.15) is 0 Å². The fraction of sp³-hybridized carbons (Fsp3) is 0.214. The van der Waals surface area contributed by atoms with Crippen LogP contribution in [0.2, 0.25) is 0 Å². The van der Waals surface area contributed by atoms with Crippen molar-refractivity contribution in [2.24, 2.45) is 0 Å². The molecule has 0 unspecified atom stereocenters. The highest BCUT2D eigenvalue weighted by Gasteiger charge is 2.29. The normalized spacial score (nSPS) is 15.8. The zero-order valence-electron chi connectivity index (χ0n) is 19.1. The number of ether oxygens (including phenoxy) is 1. The predicted octanol–water partition coefficient (Wildman–Crippen LogP) is 5.71. The number of hydrogen-bond acceptors (Lipinski definition) is 5. The van der Waals surface area contributed by atoms with Gasteiger partial charge in [0.2, 0.25) is 0 Å². The minimum absolute atomic E-state index is 0.00753. The average Bonchev–Trinajstić information content (AvgIpc) is 3.29. The van der Waals surface area contributed by atoms with Crippen LogP contribution in [0.1, 0.15) is 32.1 Å². The minimum Gasteiger partial charge on any atom is -0.491 e. The molecule has 3 aromatic carbocycles. The SMILES string of the molecule is Cc1ncsc1C(=O)N1Cc2ccccc2NCc2ccccc2OC[C@@H]1Cc1ccccc1. The third-order valence-electron chi connectivity index (χ3n) is 6.19. The van der Waals surface area contributed by atoms with E-state index in [4.69, 9.17) is 4.74 Å². The minimum atomic E-state index is -0.157. The molecule has 0 radical (unpaired) electrons. The number of amides is 1. The molecule has 2 heterocycles. The maximum atomic E-state index is 13.9. The van der Waals surface area contributed by atoms with E-state index in [0.29, 0.717) is 31.0 Å². The Labute approximate surface area is 204 Å². The zero-order chi connectivity index (χ0) is 23.3. The lowest BCUT2D eigenvalue weighted by Gasteiger charge is -2.32. The van der Waals surface area contributed by atoms with Crippen molar-refractivity contribution in [3.63, 3.8) is 0 Å². The first-order chi connectivity index (χ1) is 16.7. The van der Waals surface area contributed by atoms with Crippen LogP contribution in [0.5, 0.6) is 5.75 Å². The van der Waals surface area contributed by atoms with E-state index in [1.165, 1.54) is 16.9 Å². The molecule has 0 aliphatic carbocycles. The number of benzene rings is 3. The molecule has 34 heavy (non-hydrogen) atoms. The number of aromatic nitrogens is 1. The van der Waals surface area contributed by atoms with Crippen molar-refractivity contribution in [2.45, 2.75) is 32.5 Å². The lowest BCUT2D eigenvalue weighted by atomic mass is 10.0. The van der Waals surface area contributed by atoms with Crippen molar-refractivity contribution < 1.29 is 9.53 Å². The van der Waals surface area contributed by atoms with Crippen LogP contribution in [0.3, 0.4) is 0 Å². The summed E-state index contributed by atoms with van der Waals surface area (Å²) in [5, 5.41) is 3.56. The van der Waals surface area contributed by atoms with Gasteiger partial charge in [-0.15, -0.1) is 11.3 Å². The quantitative estimate of drug-likeness (QED) is 0.418. The number of anilines is 1. The van der Waals surface area contributed by atoms with Crippen LogP contribution in [0.25, 0.3) is 0 Å². The van der Waals surface area contributed by atoms with Gasteiger partial charge in [0.15, 0.2) is 0 Å². The summed E-state index contributed by atoms with van der Waals surface area (Å²) in [5.74, 6) is 0.834. The summed E-state index contributed by atoms with van der Waals surface area (Å²) in [4.78, 5) is 20.9. The van der Waals surface area contributed by atoms with E-state index in [2.05, 4.69) is 40.6 Å². The molecule has 1 atom stereocenters. The second-order valence-electron chi connectivity index (χ2n) is 8.47. The van der Waals surface area contributed by atoms with Crippen molar-refractivity contribution in [1.29, 1.82) is 0 Å². The highest BCUT2D eigenvalue weighted by molar-refractivity contribution is 7.11. The zero-order valence-corrected chi connectivity index (χ0v) is 19.9. The molecule has 0 spiro atoms. The van der Waals surface area contributed by atoms with E-state index in [9.17, 15) is 4.79 Å². The lowest BCUT2D eigenvalue weighted by molar-refractivity contribution is 0.0595. The number of carbonyl (C=O) groups is 1. The topological polar surface area (TPSA) is 54.5 Å². The van der Waals surface area contributed by atoms with E-state index in [-0.39, 0.29) is 11.9 Å². The summed E-state index contributed by atoms with van der Waals surface area (Å²) in [7, 11) is 0. The fourth-order valence-corrected chi connectivity index (χ4v) is 5.09. The van der Waals surface area contributed by atoms with E-state index in [1.807, 2.05) is 60.4 Å². The van der Waals surface area contributed by atoms with Crippen LogP contribution in [-0.4, -0.2) is 28.4 Å². The molecular weight excluding hydrogens is 442 g/mol. The smallest absolute Gasteiger partial charge is 0.266 e. The molecule has 5 rings (SSSR count). The summed E-state index contributed by atoms with van der Waals surface area (Å²) in [6, 6.07) is 26.5. The molecule has 4 aromatic rings. The Morgan fingerprint density at radius 3 is 2.56 bits per heavy atom. The molecule has 1 aliphatic heterocycles. The van der Waals surface area contributed by atoms with Crippen molar-refractivity contribution in [2.75, 3.05) is 11.9 Å². The first kappa shape index (κ1) is 22.2. The van der Waals surface area contributed by atoms with Crippen LogP contribution in [-0.2, 0) is 19.5 Å². The number of hydrogen-bond donors (Lipinski definition) is 1. The van der Waals surface area contributed by atoms with E-state index < -0.39 is 0 Å². The Morgan fingerprint density at radius 2 is 1.76 bits per heavy atom. The summed E-state index contributed by atoms with van der Waals surface area (Å²) in [5.41, 5.74) is 6.87. The number of fused-ring (bicyclic) bond motifs is 2. The molecule has 172 valence electrons. The lowest BCUT2D eigenvalue weighted by Crippen LogP contribution is -2.44.